The molecule has 1 unspecified atom stereocenters. The first-order valence-corrected chi connectivity index (χ1v) is 6.88. The highest BCUT2D eigenvalue weighted by molar-refractivity contribution is 7.17. The van der Waals surface area contributed by atoms with Gasteiger partial charge in [-0.05, 0) is 19.8 Å². The van der Waals surface area contributed by atoms with Crippen LogP contribution in [0.1, 0.15) is 36.1 Å². The van der Waals surface area contributed by atoms with Crippen molar-refractivity contribution < 1.29 is 14.7 Å². The Morgan fingerprint density at radius 1 is 1.37 bits per heavy atom. The SMILES string of the molecule is Cc1nc(NC(C)C(=O)NCC(C)C)sc1C(=O)O. The molecule has 0 aliphatic carbocycles. The number of hydrogen-bond acceptors (Lipinski definition) is 5. The number of carbonyl (C=O) groups excluding carboxylic acids is 1. The second-order valence-electron chi connectivity index (χ2n) is 4.74. The lowest BCUT2D eigenvalue weighted by Gasteiger charge is -2.14. The molecule has 19 heavy (non-hydrogen) atoms. The first-order valence-electron chi connectivity index (χ1n) is 6.06. The number of hydrogen-bond donors (Lipinski definition) is 3. The van der Waals surface area contributed by atoms with Gasteiger partial charge in [-0.1, -0.05) is 25.2 Å². The maximum Gasteiger partial charge on any atom is 0.347 e. The van der Waals surface area contributed by atoms with Crippen LogP contribution in [0.4, 0.5) is 5.13 Å². The van der Waals surface area contributed by atoms with Gasteiger partial charge in [0.05, 0.1) is 5.69 Å². The second-order valence-corrected chi connectivity index (χ2v) is 5.74. The number of carbonyl (C=O) groups is 2. The van der Waals surface area contributed by atoms with E-state index in [1.165, 1.54) is 0 Å². The first kappa shape index (κ1) is 15.4. The molecule has 0 spiro atoms. The van der Waals surface area contributed by atoms with E-state index in [0.717, 1.165) is 11.3 Å². The normalized spacial score (nSPS) is 12.3. The molecule has 0 aliphatic rings. The van der Waals surface area contributed by atoms with Crippen LogP contribution < -0.4 is 10.6 Å². The molecule has 1 atom stereocenters. The van der Waals surface area contributed by atoms with Crippen LogP contribution >= 0.6 is 11.3 Å². The Hall–Kier alpha value is -1.63. The lowest BCUT2D eigenvalue weighted by Crippen LogP contribution is -2.39. The lowest BCUT2D eigenvalue weighted by molar-refractivity contribution is -0.121. The molecule has 1 rings (SSSR count). The maximum absolute atomic E-state index is 11.8. The van der Waals surface area contributed by atoms with Gasteiger partial charge < -0.3 is 15.7 Å². The van der Waals surface area contributed by atoms with Gasteiger partial charge in [-0.3, -0.25) is 4.79 Å². The van der Waals surface area contributed by atoms with Crippen molar-refractivity contribution in [3.63, 3.8) is 0 Å². The van der Waals surface area contributed by atoms with Gasteiger partial charge in [-0.2, -0.15) is 0 Å². The molecule has 1 aromatic heterocycles. The number of aromatic carboxylic acids is 1. The van der Waals surface area contributed by atoms with Crippen molar-refractivity contribution in [1.29, 1.82) is 0 Å². The molecule has 0 saturated carbocycles. The molecular weight excluding hydrogens is 266 g/mol. The summed E-state index contributed by atoms with van der Waals surface area (Å²) in [5.41, 5.74) is 0.454. The van der Waals surface area contributed by atoms with E-state index in [2.05, 4.69) is 15.6 Å². The standard InChI is InChI=1S/C12H19N3O3S/c1-6(2)5-13-10(16)8(4)15-12-14-7(3)9(19-12)11(17)18/h6,8H,5H2,1-4H3,(H,13,16)(H,14,15)(H,17,18). The van der Waals surface area contributed by atoms with Crippen LogP contribution in [0.2, 0.25) is 0 Å². The van der Waals surface area contributed by atoms with Gasteiger partial charge >= 0.3 is 5.97 Å². The third kappa shape index (κ3) is 4.51. The molecule has 1 amide bonds. The zero-order valence-corrected chi connectivity index (χ0v) is 12.3. The largest absolute Gasteiger partial charge is 0.477 e. The monoisotopic (exact) mass is 285 g/mol. The highest BCUT2D eigenvalue weighted by atomic mass is 32.1. The van der Waals surface area contributed by atoms with Gasteiger partial charge in [-0.25, -0.2) is 9.78 Å². The van der Waals surface area contributed by atoms with E-state index < -0.39 is 12.0 Å². The summed E-state index contributed by atoms with van der Waals surface area (Å²) in [6, 6.07) is -0.453. The highest BCUT2D eigenvalue weighted by Crippen LogP contribution is 2.22. The Bertz CT molecular complexity index is 471. The van der Waals surface area contributed by atoms with Crippen molar-refractivity contribution in [2.45, 2.75) is 33.7 Å². The molecule has 6 nitrogen and oxygen atoms in total. The van der Waals surface area contributed by atoms with Crippen LogP contribution in [0.25, 0.3) is 0 Å². The maximum atomic E-state index is 11.8. The van der Waals surface area contributed by atoms with Crippen LogP contribution in [0.15, 0.2) is 0 Å². The molecule has 106 valence electrons. The summed E-state index contributed by atoms with van der Waals surface area (Å²) < 4.78 is 0. The van der Waals surface area contributed by atoms with E-state index in [0.29, 0.717) is 23.3 Å². The minimum atomic E-state index is -1.00. The van der Waals surface area contributed by atoms with Crippen LogP contribution in [0.3, 0.4) is 0 Å². The first-order chi connectivity index (χ1) is 8.81. The number of thiazole rings is 1. The predicted molar refractivity (Wildman–Crippen MR) is 74.7 cm³/mol. The van der Waals surface area contributed by atoms with Crippen molar-refractivity contribution in [1.82, 2.24) is 10.3 Å². The van der Waals surface area contributed by atoms with E-state index in [9.17, 15) is 9.59 Å². The fraction of sp³-hybridized carbons (Fsp3) is 0.583. The minimum absolute atomic E-state index is 0.126. The van der Waals surface area contributed by atoms with Gasteiger partial charge in [0, 0.05) is 6.54 Å². The summed E-state index contributed by atoms with van der Waals surface area (Å²) in [5.74, 6) is -0.740. The van der Waals surface area contributed by atoms with Crippen molar-refractivity contribution in [2.24, 2.45) is 5.92 Å². The van der Waals surface area contributed by atoms with E-state index in [1.807, 2.05) is 13.8 Å². The van der Waals surface area contributed by atoms with Crippen LogP contribution in [0.5, 0.6) is 0 Å². The van der Waals surface area contributed by atoms with Crippen LogP contribution in [-0.2, 0) is 4.79 Å². The predicted octanol–water partition coefficient (Wildman–Crippen LogP) is 1.72. The Labute approximate surface area is 116 Å². The van der Waals surface area contributed by atoms with E-state index in [-0.39, 0.29) is 10.8 Å². The highest BCUT2D eigenvalue weighted by Gasteiger charge is 2.18. The fourth-order valence-corrected chi connectivity index (χ4v) is 2.26. The Balaban J connectivity index is 2.61. The number of nitrogens with zero attached hydrogens (tertiary/aromatic N) is 1. The average Bonchev–Trinajstić information content (AvgIpc) is 2.67. The fourth-order valence-electron chi connectivity index (χ4n) is 1.37. The van der Waals surface area contributed by atoms with Crippen molar-refractivity contribution >= 4 is 28.3 Å². The molecule has 0 aromatic carbocycles. The van der Waals surface area contributed by atoms with Crippen molar-refractivity contribution in [2.75, 3.05) is 11.9 Å². The number of carboxylic acid groups (broad SMARTS) is 1. The third-order valence-electron chi connectivity index (χ3n) is 2.41. The second kappa shape index (κ2) is 6.51. The summed E-state index contributed by atoms with van der Waals surface area (Å²) >= 11 is 1.04. The molecular formula is C12H19N3O3S. The van der Waals surface area contributed by atoms with Gasteiger partial charge in [0.1, 0.15) is 10.9 Å². The third-order valence-corrected chi connectivity index (χ3v) is 3.49. The molecule has 0 aliphatic heterocycles. The van der Waals surface area contributed by atoms with Crippen LogP contribution in [-0.4, -0.2) is 34.6 Å². The topological polar surface area (TPSA) is 91.3 Å². The molecule has 1 heterocycles. The van der Waals surface area contributed by atoms with Gasteiger partial charge in [0.25, 0.3) is 0 Å². The number of nitrogens with one attached hydrogen (secondary N) is 2. The van der Waals surface area contributed by atoms with E-state index in [4.69, 9.17) is 5.11 Å². The molecule has 0 fully saturated rings. The number of aryl methyl sites for hydroxylation is 1. The zero-order chi connectivity index (χ0) is 14.6. The van der Waals surface area contributed by atoms with Crippen LogP contribution in [0, 0.1) is 12.8 Å². The number of anilines is 1. The molecule has 0 radical (unpaired) electrons. The van der Waals surface area contributed by atoms with E-state index >= 15 is 0 Å². The molecule has 3 N–H and O–H groups in total. The van der Waals surface area contributed by atoms with Crippen molar-refractivity contribution in [3.05, 3.63) is 10.6 Å². The lowest BCUT2D eigenvalue weighted by atomic mass is 10.2. The summed E-state index contributed by atoms with van der Waals surface area (Å²) in [5, 5.41) is 15.1. The Morgan fingerprint density at radius 2 is 2.00 bits per heavy atom. The summed E-state index contributed by atoms with van der Waals surface area (Å²) in [4.78, 5) is 26.9. The number of amides is 1. The average molecular weight is 285 g/mol. The van der Waals surface area contributed by atoms with Gasteiger partial charge in [0.15, 0.2) is 5.13 Å². The Morgan fingerprint density at radius 3 is 2.47 bits per heavy atom. The summed E-state index contributed by atoms with van der Waals surface area (Å²) in [6.07, 6.45) is 0. The molecule has 0 saturated heterocycles. The minimum Gasteiger partial charge on any atom is -0.477 e. The van der Waals surface area contributed by atoms with Gasteiger partial charge in [0.2, 0.25) is 5.91 Å². The molecule has 1 aromatic rings. The zero-order valence-electron chi connectivity index (χ0n) is 11.5. The molecule has 7 heteroatoms. The smallest absolute Gasteiger partial charge is 0.347 e. The van der Waals surface area contributed by atoms with Crippen molar-refractivity contribution in [3.8, 4) is 0 Å². The van der Waals surface area contributed by atoms with Gasteiger partial charge in [-0.15, -0.1) is 0 Å². The quantitative estimate of drug-likeness (QED) is 0.740. The number of carboxylic acids is 1. The number of rotatable bonds is 6. The summed E-state index contributed by atoms with van der Waals surface area (Å²) in [7, 11) is 0. The van der Waals surface area contributed by atoms with E-state index in [1.54, 1.807) is 13.8 Å². The molecule has 0 bridgehead atoms. The number of aromatic nitrogens is 1. The summed E-state index contributed by atoms with van der Waals surface area (Å²) in [6.45, 7) is 7.99. The Kier molecular flexibility index (Phi) is 5.29.